The highest BCUT2D eigenvalue weighted by atomic mass is 35.5. The molecule has 0 spiro atoms. The Morgan fingerprint density at radius 2 is 1.72 bits per heavy atom. The number of benzene rings is 2. The van der Waals surface area contributed by atoms with Crippen LogP contribution in [0.3, 0.4) is 0 Å². The number of rotatable bonds is 5. The largest absolute Gasteiger partial charge is 0.321 e. The Morgan fingerprint density at radius 3 is 2.41 bits per heavy atom. The summed E-state index contributed by atoms with van der Waals surface area (Å²) in [7, 11) is -3.84. The van der Waals surface area contributed by atoms with Gasteiger partial charge in [0.1, 0.15) is 16.5 Å². The van der Waals surface area contributed by atoms with Gasteiger partial charge in [-0.25, -0.2) is 18.4 Å². The van der Waals surface area contributed by atoms with Gasteiger partial charge in [-0.2, -0.15) is 0 Å². The number of hydrogen-bond donors (Lipinski definition) is 2. The van der Waals surface area contributed by atoms with Crippen molar-refractivity contribution in [1.82, 2.24) is 9.97 Å². The third-order valence-corrected chi connectivity index (χ3v) is 7.65. The summed E-state index contributed by atoms with van der Waals surface area (Å²) in [5.41, 5.74) is 2.19. The minimum Gasteiger partial charge on any atom is -0.321 e. The molecule has 2 aromatic heterocycles. The van der Waals surface area contributed by atoms with E-state index in [2.05, 4.69) is 20.0 Å². The van der Waals surface area contributed by atoms with Crippen LogP contribution in [-0.4, -0.2) is 24.3 Å². The molecule has 4 aromatic rings. The molecule has 2 N–H and O–H groups in total. The van der Waals surface area contributed by atoms with Crippen LogP contribution < -0.4 is 10.0 Å². The number of sulfonamides is 1. The fraction of sp³-hybridized carbons (Fsp3) is 0.136. The summed E-state index contributed by atoms with van der Waals surface area (Å²) in [6, 6.07) is 13.2. The Bertz CT molecular complexity index is 1430. The number of carbonyl (C=O) groups excluding carboxylic acids is 1. The summed E-state index contributed by atoms with van der Waals surface area (Å²) in [5.74, 6) is 0.312. The van der Waals surface area contributed by atoms with Crippen molar-refractivity contribution in [3.8, 4) is 0 Å². The highest BCUT2D eigenvalue weighted by molar-refractivity contribution is 7.92. The molecule has 0 saturated carbocycles. The van der Waals surface area contributed by atoms with Crippen LogP contribution in [0.5, 0.6) is 0 Å². The van der Waals surface area contributed by atoms with Crippen LogP contribution in [0, 0.1) is 20.8 Å². The highest BCUT2D eigenvalue weighted by Gasteiger charge is 2.19. The molecule has 2 heterocycles. The molecular weight excluding hydrogens is 468 g/mol. The van der Waals surface area contributed by atoms with Gasteiger partial charge >= 0.3 is 0 Å². The number of carbonyl (C=O) groups is 1. The normalized spacial score (nSPS) is 11.5. The SMILES string of the molecule is Cc1ccc2c(Cl)c(C(=O)Nc3ccc(S(=O)(=O)Nc4cc(C)nc(C)n4)cc3)sc2c1. The summed E-state index contributed by atoms with van der Waals surface area (Å²) in [6.45, 7) is 5.42. The zero-order valence-corrected chi connectivity index (χ0v) is 19.8. The minimum absolute atomic E-state index is 0.0415. The molecule has 4 rings (SSSR count). The fourth-order valence-corrected chi connectivity index (χ4v) is 5.69. The number of thiophene rings is 1. The van der Waals surface area contributed by atoms with Crippen molar-refractivity contribution in [3.63, 3.8) is 0 Å². The van der Waals surface area contributed by atoms with Crippen LogP contribution >= 0.6 is 22.9 Å². The first-order valence-electron chi connectivity index (χ1n) is 9.57. The van der Waals surface area contributed by atoms with Crippen molar-refractivity contribution in [1.29, 1.82) is 0 Å². The number of aromatic nitrogens is 2. The Labute approximate surface area is 194 Å². The smallest absolute Gasteiger partial charge is 0.267 e. The van der Waals surface area contributed by atoms with E-state index in [9.17, 15) is 13.2 Å². The molecule has 0 unspecified atom stereocenters. The highest BCUT2D eigenvalue weighted by Crippen LogP contribution is 2.36. The number of anilines is 2. The predicted octanol–water partition coefficient (Wildman–Crippen LogP) is 5.32. The van der Waals surface area contributed by atoms with Crippen molar-refractivity contribution in [2.45, 2.75) is 25.7 Å². The standard InChI is InChI=1S/C22H19ClN4O3S2/c1-12-4-9-17-18(10-12)31-21(20(17)23)22(28)26-15-5-7-16(8-6-15)32(29,30)27-19-11-13(2)24-14(3)25-19/h4-11H,1-3H3,(H,26,28)(H,24,25,27). The van der Waals surface area contributed by atoms with Gasteiger partial charge in [-0.05, 0) is 56.7 Å². The van der Waals surface area contributed by atoms with Gasteiger partial charge in [0.25, 0.3) is 15.9 Å². The molecule has 0 bridgehead atoms. The molecule has 0 radical (unpaired) electrons. The summed E-state index contributed by atoms with van der Waals surface area (Å²) in [4.78, 5) is 21.4. The maximum absolute atomic E-state index is 12.7. The van der Waals surface area contributed by atoms with E-state index in [1.165, 1.54) is 35.6 Å². The number of hydrogen-bond acceptors (Lipinski definition) is 6. The third-order valence-electron chi connectivity index (χ3n) is 4.62. The summed E-state index contributed by atoms with van der Waals surface area (Å²) in [6.07, 6.45) is 0. The van der Waals surface area contributed by atoms with Gasteiger partial charge in [-0.15, -0.1) is 11.3 Å². The lowest BCUT2D eigenvalue weighted by atomic mass is 10.2. The summed E-state index contributed by atoms with van der Waals surface area (Å²) < 4.78 is 28.7. The predicted molar refractivity (Wildman–Crippen MR) is 128 cm³/mol. The van der Waals surface area contributed by atoms with E-state index in [0.29, 0.717) is 27.1 Å². The van der Waals surface area contributed by atoms with E-state index in [0.717, 1.165) is 15.6 Å². The molecule has 2 aromatic carbocycles. The molecule has 0 saturated heterocycles. The molecule has 0 fully saturated rings. The van der Waals surface area contributed by atoms with Gasteiger partial charge in [0.15, 0.2) is 0 Å². The van der Waals surface area contributed by atoms with Gasteiger partial charge in [0.2, 0.25) is 0 Å². The second-order valence-electron chi connectivity index (χ2n) is 7.27. The van der Waals surface area contributed by atoms with Crippen LogP contribution in [-0.2, 0) is 10.0 Å². The van der Waals surface area contributed by atoms with Crippen molar-refractivity contribution < 1.29 is 13.2 Å². The van der Waals surface area contributed by atoms with Gasteiger partial charge in [0.05, 0.1) is 9.92 Å². The summed E-state index contributed by atoms with van der Waals surface area (Å²) >= 11 is 7.72. The van der Waals surface area contributed by atoms with Crippen molar-refractivity contribution in [3.05, 3.63) is 75.5 Å². The lowest BCUT2D eigenvalue weighted by Crippen LogP contribution is -2.15. The Hall–Kier alpha value is -3.01. The number of halogens is 1. The zero-order valence-electron chi connectivity index (χ0n) is 17.4. The summed E-state index contributed by atoms with van der Waals surface area (Å²) in [5, 5.41) is 4.00. The van der Waals surface area contributed by atoms with Crippen LogP contribution in [0.4, 0.5) is 11.5 Å². The molecule has 0 aliphatic heterocycles. The van der Waals surface area contributed by atoms with Crippen molar-refractivity contribution in [2.24, 2.45) is 0 Å². The van der Waals surface area contributed by atoms with E-state index in [1.54, 1.807) is 19.9 Å². The number of nitrogens with one attached hydrogen (secondary N) is 2. The molecule has 0 aliphatic carbocycles. The Balaban J connectivity index is 1.52. The van der Waals surface area contributed by atoms with Crippen LogP contribution in [0.25, 0.3) is 10.1 Å². The molecule has 32 heavy (non-hydrogen) atoms. The van der Waals surface area contributed by atoms with Gasteiger partial charge < -0.3 is 5.32 Å². The number of aryl methyl sites for hydroxylation is 3. The molecule has 7 nitrogen and oxygen atoms in total. The lowest BCUT2D eigenvalue weighted by Gasteiger charge is -2.10. The van der Waals surface area contributed by atoms with Gasteiger partial charge in [0, 0.05) is 27.5 Å². The van der Waals surface area contributed by atoms with Crippen LogP contribution in [0.1, 0.15) is 26.8 Å². The maximum Gasteiger partial charge on any atom is 0.267 e. The average molecular weight is 487 g/mol. The molecule has 164 valence electrons. The fourth-order valence-electron chi connectivity index (χ4n) is 3.19. The molecular formula is C22H19ClN4O3S2. The molecule has 1 amide bonds. The third kappa shape index (κ3) is 4.59. The Kier molecular flexibility index (Phi) is 5.89. The molecule has 10 heteroatoms. The maximum atomic E-state index is 12.7. The van der Waals surface area contributed by atoms with Crippen LogP contribution in [0.2, 0.25) is 5.02 Å². The van der Waals surface area contributed by atoms with Crippen molar-refractivity contribution >= 4 is 60.5 Å². The monoisotopic (exact) mass is 486 g/mol. The lowest BCUT2D eigenvalue weighted by molar-refractivity contribution is 0.103. The zero-order chi connectivity index (χ0) is 23.0. The van der Waals surface area contributed by atoms with E-state index < -0.39 is 10.0 Å². The average Bonchev–Trinajstić information content (AvgIpc) is 3.03. The second-order valence-corrected chi connectivity index (χ2v) is 10.4. The minimum atomic E-state index is -3.84. The number of fused-ring (bicyclic) bond motifs is 1. The van der Waals surface area contributed by atoms with E-state index in [-0.39, 0.29) is 16.6 Å². The van der Waals surface area contributed by atoms with Crippen LogP contribution in [0.15, 0.2) is 53.4 Å². The molecule has 0 atom stereocenters. The van der Waals surface area contributed by atoms with E-state index >= 15 is 0 Å². The molecule has 0 aliphatic rings. The quantitative estimate of drug-likeness (QED) is 0.397. The van der Waals surface area contributed by atoms with E-state index in [1.807, 2.05) is 25.1 Å². The van der Waals surface area contributed by atoms with E-state index in [4.69, 9.17) is 11.6 Å². The second kappa shape index (κ2) is 8.50. The Morgan fingerprint density at radius 1 is 1.00 bits per heavy atom. The van der Waals surface area contributed by atoms with Crippen molar-refractivity contribution in [2.75, 3.05) is 10.0 Å². The first kappa shape index (κ1) is 22.2. The first-order chi connectivity index (χ1) is 15.1. The van der Waals surface area contributed by atoms with Gasteiger partial charge in [-0.3, -0.25) is 9.52 Å². The van der Waals surface area contributed by atoms with Gasteiger partial charge in [-0.1, -0.05) is 23.7 Å². The number of nitrogens with zero attached hydrogens (tertiary/aromatic N) is 2. The first-order valence-corrected chi connectivity index (χ1v) is 12.3. The number of amides is 1. The topological polar surface area (TPSA) is 101 Å².